The molecule has 0 heterocycles. The number of ether oxygens (including phenoxy) is 1. The van der Waals surface area contributed by atoms with Crippen LogP contribution in [-0.4, -0.2) is 12.0 Å². The molecule has 14 heavy (non-hydrogen) atoms. The molecule has 0 atom stereocenters. The lowest BCUT2D eigenvalue weighted by Gasteiger charge is -2.02. The molecule has 0 aliphatic rings. The van der Waals surface area contributed by atoms with Gasteiger partial charge in [0.2, 0.25) is 0 Å². The van der Waals surface area contributed by atoms with Gasteiger partial charge in [-0.15, -0.1) is 0 Å². The third-order valence-electron chi connectivity index (χ3n) is 1.60. The third kappa shape index (κ3) is 3.30. The Hall–Kier alpha value is -1.16. The van der Waals surface area contributed by atoms with Crippen LogP contribution in [0.25, 0.3) is 0 Å². The van der Waals surface area contributed by atoms with Crippen molar-refractivity contribution >= 4 is 17.0 Å². The zero-order chi connectivity index (χ0) is 10.6. The first-order valence-corrected chi connectivity index (χ1v) is 4.23. The SMILES string of the molecule is O=C(Cl)OCCc1ccc(F)cc1F. The van der Waals surface area contributed by atoms with Crippen LogP contribution in [0.2, 0.25) is 0 Å². The van der Waals surface area contributed by atoms with Gasteiger partial charge in [-0.3, -0.25) is 0 Å². The average Bonchev–Trinajstić information content (AvgIpc) is 2.08. The smallest absolute Gasteiger partial charge is 0.403 e. The van der Waals surface area contributed by atoms with Crippen LogP contribution in [0.15, 0.2) is 18.2 Å². The summed E-state index contributed by atoms with van der Waals surface area (Å²) in [6.45, 7) is -0.0229. The molecule has 0 bridgehead atoms. The summed E-state index contributed by atoms with van der Waals surface area (Å²) in [7, 11) is 0. The lowest BCUT2D eigenvalue weighted by molar-refractivity contribution is 0.174. The van der Waals surface area contributed by atoms with E-state index in [2.05, 4.69) is 4.74 Å². The molecule has 0 aromatic heterocycles. The minimum Gasteiger partial charge on any atom is -0.453 e. The zero-order valence-corrected chi connectivity index (χ0v) is 7.85. The summed E-state index contributed by atoms with van der Waals surface area (Å²) >= 11 is 4.89. The van der Waals surface area contributed by atoms with Crippen LogP contribution < -0.4 is 0 Å². The molecule has 0 aliphatic carbocycles. The van der Waals surface area contributed by atoms with Crippen LogP contribution >= 0.6 is 11.6 Å². The van der Waals surface area contributed by atoms with E-state index in [9.17, 15) is 13.6 Å². The van der Waals surface area contributed by atoms with Crippen molar-refractivity contribution in [3.05, 3.63) is 35.4 Å². The Morgan fingerprint density at radius 3 is 2.71 bits per heavy atom. The first-order chi connectivity index (χ1) is 6.59. The van der Waals surface area contributed by atoms with Crippen molar-refractivity contribution in [2.75, 3.05) is 6.61 Å². The number of rotatable bonds is 3. The Labute approximate surface area is 84.4 Å². The van der Waals surface area contributed by atoms with Gasteiger partial charge in [0.25, 0.3) is 0 Å². The fourth-order valence-electron chi connectivity index (χ4n) is 0.966. The summed E-state index contributed by atoms with van der Waals surface area (Å²) in [6.07, 6.45) is 0.171. The Morgan fingerprint density at radius 2 is 2.14 bits per heavy atom. The molecule has 0 saturated heterocycles. The van der Waals surface area contributed by atoms with Crippen molar-refractivity contribution in [1.29, 1.82) is 0 Å². The van der Waals surface area contributed by atoms with E-state index >= 15 is 0 Å². The molecule has 1 aromatic rings. The zero-order valence-electron chi connectivity index (χ0n) is 7.10. The molecule has 1 aromatic carbocycles. The minimum atomic E-state index is -0.937. The van der Waals surface area contributed by atoms with Gasteiger partial charge in [0, 0.05) is 24.1 Å². The maximum atomic E-state index is 13.0. The number of carbonyl (C=O) groups is 1. The molecule has 0 fully saturated rings. The summed E-state index contributed by atoms with van der Waals surface area (Å²) in [4.78, 5) is 10.2. The van der Waals surface area contributed by atoms with Gasteiger partial charge in [0.1, 0.15) is 11.6 Å². The largest absolute Gasteiger partial charge is 0.453 e. The number of benzene rings is 1. The second-order valence-corrected chi connectivity index (χ2v) is 2.88. The number of carbonyl (C=O) groups excluding carboxylic acids is 1. The summed E-state index contributed by atoms with van der Waals surface area (Å²) < 4.78 is 29.8. The van der Waals surface area contributed by atoms with E-state index in [-0.39, 0.29) is 18.6 Å². The Morgan fingerprint density at radius 1 is 1.43 bits per heavy atom. The highest BCUT2D eigenvalue weighted by Crippen LogP contribution is 2.10. The molecular weight excluding hydrogens is 214 g/mol. The Balaban J connectivity index is 2.55. The highest BCUT2D eigenvalue weighted by molar-refractivity contribution is 6.61. The molecule has 0 amide bonds. The van der Waals surface area contributed by atoms with Gasteiger partial charge in [0.15, 0.2) is 0 Å². The Bertz CT molecular complexity index is 342. The fourth-order valence-corrected chi connectivity index (χ4v) is 1.04. The fraction of sp³-hybridized carbons (Fsp3) is 0.222. The van der Waals surface area contributed by atoms with Crippen molar-refractivity contribution in [3.63, 3.8) is 0 Å². The molecule has 0 radical (unpaired) electrons. The van der Waals surface area contributed by atoms with Gasteiger partial charge in [-0.1, -0.05) is 6.07 Å². The van der Waals surface area contributed by atoms with Crippen LogP contribution in [0.4, 0.5) is 13.6 Å². The van der Waals surface area contributed by atoms with Crippen LogP contribution in [0.5, 0.6) is 0 Å². The highest BCUT2D eigenvalue weighted by atomic mass is 35.5. The van der Waals surface area contributed by atoms with Crippen LogP contribution in [0.3, 0.4) is 0 Å². The monoisotopic (exact) mass is 220 g/mol. The van der Waals surface area contributed by atoms with E-state index in [0.29, 0.717) is 0 Å². The second-order valence-electron chi connectivity index (χ2n) is 2.57. The maximum Gasteiger partial charge on any atom is 0.403 e. The molecule has 0 unspecified atom stereocenters. The molecule has 0 N–H and O–H groups in total. The molecule has 2 nitrogen and oxygen atoms in total. The Kier molecular flexibility index (Phi) is 3.83. The second kappa shape index (κ2) is 4.91. The first-order valence-electron chi connectivity index (χ1n) is 3.86. The van der Waals surface area contributed by atoms with Gasteiger partial charge in [-0.05, 0) is 11.6 Å². The summed E-state index contributed by atoms with van der Waals surface area (Å²) in [5.74, 6) is -1.30. The molecule has 76 valence electrons. The van der Waals surface area contributed by atoms with Crippen LogP contribution in [0.1, 0.15) is 5.56 Å². The van der Waals surface area contributed by atoms with Crippen molar-refractivity contribution in [2.45, 2.75) is 6.42 Å². The highest BCUT2D eigenvalue weighted by Gasteiger charge is 2.04. The molecular formula is C9H7ClF2O2. The van der Waals surface area contributed by atoms with Crippen molar-refractivity contribution in [2.24, 2.45) is 0 Å². The summed E-state index contributed by atoms with van der Waals surface area (Å²) in [5.41, 5.74) is -0.656. The number of halogens is 3. The maximum absolute atomic E-state index is 13.0. The predicted octanol–water partition coefficient (Wildman–Crippen LogP) is 2.88. The summed E-state index contributed by atoms with van der Waals surface area (Å²) in [5, 5.41) is 0. The van der Waals surface area contributed by atoms with Gasteiger partial charge in [-0.2, -0.15) is 0 Å². The van der Waals surface area contributed by atoms with Gasteiger partial charge < -0.3 is 4.74 Å². The van der Waals surface area contributed by atoms with Crippen molar-refractivity contribution in [3.8, 4) is 0 Å². The molecule has 0 saturated carbocycles. The normalized spacial score (nSPS) is 9.93. The van der Waals surface area contributed by atoms with E-state index in [4.69, 9.17) is 11.6 Å². The predicted molar refractivity (Wildman–Crippen MR) is 47.3 cm³/mol. The van der Waals surface area contributed by atoms with Gasteiger partial charge in [0.05, 0.1) is 6.61 Å². The van der Waals surface area contributed by atoms with Crippen molar-refractivity contribution in [1.82, 2.24) is 0 Å². The topological polar surface area (TPSA) is 26.3 Å². The quantitative estimate of drug-likeness (QED) is 0.733. The standard InChI is InChI=1S/C9H7ClF2O2/c10-9(13)14-4-3-6-1-2-7(11)5-8(6)12/h1-2,5H,3-4H2. The van der Waals surface area contributed by atoms with E-state index < -0.39 is 17.1 Å². The number of hydrogen-bond donors (Lipinski definition) is 0. The van der Waals surface area contributed by atoms with E-state index in [1.165, 1.54) is 6.07 Å². The number of hydrogen-bond acceptors (Lipinski definition) is 2. The lowest BCUT2D eigenvalue weighted by atomic mass is 10.1. The molecule has 0 aliphatic heterocycles. The van der Waals surface area contributed by atoms with Crippen LogP contribution in [0, 0.1) is 11.6 Å². The summed E-state index contributed by atoms with van der Waals surface area (Å²) in [6, 6.07) is 3.21. The third-order valence-corrected chi connectivity index (χ3v) is 1.71. The minimum absolute atomic E-state index is 0.0229. The molecule has 5 heteroatoms. The van der Waals surface area contributed by atoms with Gasteiger partial charge >= 0.3 is 5.43 Å². The molecule has 1 rings (SSSR count). The first kappa shape index (κ1) is 10.9. The van der Waals surface area contributed by atoms with Crippen LogP contribution in [-0.2, 0) is 11.2 Å². The van der Waals surface area contributed by atoms with E-state index in [0.717, 1.165) is 12.1 Å². The van der Waals surface area contributed by atoms with Crippen molar-refractivity contribution < 1.29 is 18.3 Å². The van der Waals surface area contributed by atoms with E-state index in [1.54, 1.807) is 0 Å². The van der Waals surface area contributed by atoms with Gasteiger partial charge in [-0.25, -0.2) is 13.6 Å². The lowest BCUT2D eigenvalue weighted by Crippen LogP contribution is -2.02. The molecule has 0 spiro atoms. The van der Waals surface area contributed by atoms with E-state index in [1.807, 2.05) is 0 Å². The average molecular weight is 221 g/mol.